The molecule has 0 fully saturated rings. The Balaban J connectivity index is 0.00000288. The van der Waals surface area contributed by atoms with E-state index in [9.17, 15) is 0 Å². The van der Waals surface area contributed by atoms with Crippen molar-refractivity contribution in [1.29, 1.82) is 0 Å². The maximum absolute atomic E-state index is 4.45. The predicted octanol–water partition coefficient (Wildman–Crippen LogP) is 3.36. The van der Waals surface area contributed by atoms with Crippen molar-refractivity contribution in [1.82, 2.24) is 19.8 Å². The molecule has 2 aromatic rings. The van der Waals surface area contributed by atoms with E-state index in [0.717, 1.165) is 24.9 Å². The molecule has 2 rings (SSSR count). The molecule has 1 N–H and O–H groups in total. The highest BCUT2D eigenvalue weighted by molar-refractivity contribution is 14.0. The average Bonchev–Trinajstić information content (AvgIpc) is 2.95. The molecule has 0 atom stereocenters. The van der Waals surface area contributed by atoms with E-state index < -0.39 is 0 Å². The topological polar surface area (TPSA) is 45.5 Å². The second kappa shape index (κ2) is 10.3. The smallest absolute Gasteiger partial charge is 0.194 e. The molecule has 5 nitrogen and oxygen atoms in total. The van der Waals surface area contributed by atoms with Crippen LogP contribution in [0.1, 0.15) is 25.2 Å². The number of hydrogen-bond acceptors (Lipinski definition) is 2. The molecule has 0 saturated carbocycles. The maximum atomic E-state index is 4.45. The molecular formula is C18H28IN5. The molecule has 1 heterocycles. The zero-order valence-corrected chi connectivity index (χ0v) is 17.3. The summed E-state index contributed by atoms with van der Waals surface area (Å²) in [6.07, 6.45) is 3.89. The Hall–Kier alpha value is -1.57. The largest absolute Gasteiger partial charge is 0.349 e. The zero-order valence-electron chi connectivity index (χ0n) is 14.9. The van der Waals surface area contributed by atoms with Gasteiger partial charge in [0, 0.05) is 39.6 Å². The van der Waals surface area contributed by atoms with Gasteiger partial charge < -0.3 is 14.8 Å². The van der Waals surface area contributed by atoms with Crippen LogP contribution in [0, 0.1) is 5.92 Å². The van der Waals surface area contributed by atoms with Gasteiger partial charge in [-0.3, -0.25) is 4.99 Å². The van der Waals surface area contributed by atoms with Gasteiger partial charge in [0.05, 0.1) is 6.54 Å². The van der Waals surface area contributed by atoms with Gasteiger partial charge in [0.25, 0.3) is 0 Å². The SMILES string of the molecule is CN=C(NCc1nccn1CC(C)C)N(C)Cc1ccccc1.I. The van der Waals surface area contributed by atoms with Gasteiger partial charge in [-0.15, -0.1) is 24.0 Å². The lowest BCUT2D eigenvalue weighted by molar-refractivity contribution is 0.468. The van der Waals surface area contributed by atoms with Crippen molar-refractivity contribution < 1.29 is 0 Å². The van der Waals surface area contributed by atoms with Crippen LogP contribution in [0.15, 0.2) is 47.7 Å². The fraction of sp³-hybridized carbons (Fsp3) is 0.444. The van der Waals surface area contributed by atoms with Crippen LogP contribution < -0.4 is 5.32 Å². The summed E-state index contributed by atoms with van der Waals surface area (Å²) < 4.78 is 2.20. The fourth-order valence-electron chi connectivity index (χ4n) is 2.54. The molecule has 0 saturated heterocycles. The summed E-state index contributed by atoms with van der Waals surface area (Å²) in [4.78, 5) is 10.9. The van der Waals surface area contributed by atoms with E-state index >= 15 is 0 Å². The van der Waals surface area contributed by atoms with Crippen LogP contribution in [-0.2, 0) is 19.6 Å². The summed E-state index contributed by atoms with van der Waals surface area (Å²) in [5, 5.41) is 3.40. The van der Waals surface area contributed by atoms with E-state index in [1.54, 1.807) is 0 Å². The summed E-state index contributed by atoms with van der Waals surface area (Å²) in [7, 11) is 3.85. The number of halogens is 1. The Labute approximate surface area is 162 Å². The predicted molar refractivity (Wildman–Crippen MR) is 111 cm³/mol. The molecule has 0 bridgehead atoms. The van der Waals surface area contributed by atoms with Crippen LogP contribution >= 0.6 is 24.0 Å². The second-order valence-electron chi connectivity index (χ2n) is 6.13. The minimum atomic E-state index is 0. The van der Waals surface area contributed by atoms with Gasteiger partial charge in [-0.25, -0.2) is 4.98 Å². The number of hydrogen-bond donors (Lipinski definition) is 1. The molecule has 0 aliphatic rings. The van der Waals surface area contributed by atoms with Crippen LogP contribution in [0.4, 0.5) is 0 Å². The van der Waals surface area contributed by atoms with Crippen LogP contribution in [0.2, 0.25) is 0 Å². The van der Waals surface area contributed by atoms with Gasteiger partial charge in [0.1, 0.15) is 5.82 Å². The minimum Gasteiger partial charge on any atom is -0.349 e. The van der Waals surface area contributed by atoms with Crippen LogP contribution in [0.25, 0.3) is 0 Å². The first-order valence-corrected chi connectivity index (χ1v) is 8.06. The molecule has 0 unspecified atom stereocenters. The summed E-state index contributed by atoms with van der Waals surface area (Å²) in [5.41, 5.74) is 1.26. The first kappa shape index (κ1) is 20.5. The lowest BCUT2D eigenvalue weighted by Gasteiger charge is -2.22. The summed E-state index contributed by atoms with van der Waals surface area (Å²) in [5.74, 6) is 2.50. The Morgan fingerprint density at radius 1 is 1.29 bits per heavy atom. The number of nitrogens with zero attached hydrogens (tertiary/aromatic N) is 4. The monoisotopic (exact) mass is 441 g/mol. The molecular weight excluding hydrogens is 413 g/mol. The number of aliphatic imine (C=N–C) groups is 1. The lowest BCUT2D eigenvalue weighted by atomic mass is 10.2. The van der Waals surface area contributed by atoms with Gasteiger partial charge in [-0.2, -0.15) is 0 Å². The second-order valence-corrected chi connectivity index (χ2v) is 6.13. The molecule has 1 aromatic carbocycles. The van der Waals surface area contributed by atoms with Gasteiger partial charge in [0.15, 0.2) is 5.96 Å². The van der Waals surface area contributed by atoms with Gasteiger partial charge in [-0.05, 0) is 11.5 Å². The van der Waals surface area contributed by atoms with Crippen molar-refractivity contribution >= 4 is 29.9 Å². The molecule has 0 amide bonds. The van der Waals surface area contributed by atoms with Crippen LogP contribution in [0.3, 0.4) is 0 Å². The van der Waals surface area contributed by atoms with Crippen molar-refractivity contribution in [3.05, 3.63) is 54.1 Å². The first-order valence-electron chi connectivity index (χ1n) is 8.06. The Morgan fingerprint density at radius 2 is 2.00 bits per heavy atom. The zero-order chi connectivity index (χ0) is 16.7. The Morgan fingerprint density at radius 3 is 2.62 bits per heavy atom. The summed E-state index contributed by atoms with van der Waals surface area (Å²) in [6, 6.07) is 10.4. The molecule has 0 spiro atoms. The van der Waals surface area contributed by atoms with Crippen molar-refractivity contribution in [2.24, 2.45) is 10.9 Å². The Bertz CT molecular complexity index is 621. The molecule has 0 aliphatic heterocycles. The quantitative estimate of drug-likeness (QED) is 0.425. The maximum Gasteiger partial charge on any atom is 0.194 e. The number of imidazole rings is 1. The Kier molecular flexibility index (Phi) is 8.81. The number of benzene rings is 1. The molecule has 6 heteroatoms. The highest BCUT2D eigenvalue weighted by Crippen LogP contribution is 2.05. The van der Waals surface area contributed by atoms with E-state index in [4.69, 9.17) is 0 Å². The number of nitrogens with one attached hydrogen (secondary N) is 1. The van der Waals surface area contributed by atoms with E-state index in [-0.39, 0.29) is 24.0 Å². The minimum absolute atomic E-state index is 0. The highest BCUT2D eigenvalue weighted by Gasteiger charge is 2.09. The van der Waals surface area contributed by atoms with Crippen molar-refractivity contribution in [3.63, 3.8) is 0 Å². The normalized spacial score (nSPS) is 11.3. The molecule has 1 aromatic heterocycles. The molecule has 0 aliphatic carbocycles. The van der Waals surface area contributed by atoms with E-state index in [2.05, 4.69) is 62.9 Å². The third-order valence-electron chi connectivity index (χ3n) is 3.60. The third kappa shape index (κ3) is 6.14. The lowest BCUT2D eigenvalue weighted by Crippen LogP contribution is -2.38. The summed E-state index contributed by atoms with van der Waals surface area (Å²) in [6.45, 7) is 6.90. The van der Waals surface area contributed by atoms with Crippen LogP contribution in [-0.4, -0.2) is 34.5 Å². The van der Waals surface area contributed by atoms with E-state index in [0.29, 0.717) is 12.5 Å². The standard InChI is InChI=1S/C18H27N5.HI/c1-15(2)13-23-11-10-20-17(23)12-21-18(19-3)22(4)14-16-8-6-5-7-9-16;/h5-11,15H,12-14H2,1-4H3,(H,19,21);1H. The van der Waals surface area contributed by atoms with E-state index in [1.165, 1.54) is 5.56 Å². The van der Waals surface area contributed by atoms with Crippen LogP contribution in [0.5, 0.6) is 0 Å². The van der Waals surface area contributed by atoms with Gasteiger partial charge >= 0.3 is 0 Å². The number of rotatable bonds is 6. The first-order chi connectivity index (χ1) is 11.1. The molecule has 0 radical (unpaired) electrons. The third-order valence-corrected chi connectivity index (χ3v) is 3.60. The fourth-order valence-corrected chi connectivity index (χ4v) is 2.54. The number of guanidine groups is 1. The van der Waals surface area contributed by atoms with E-state index in [1.807, 2.05) is 32.6 Å². The van der Waals surface area contributed by atoms with Gasteiger partial charge in [-0.1, -0.05) is 44.2 Å². The molecule has 24 heavy (non-hydrogen) atoms. The highest BCUT2D eigenvalue weighted by atomic mass is 127. The molecule has 132 valence electrons. The van der Waals surface area contributed by atoms with Gasteiger partial charge in [0.2, 0.25) is 0 Å². The average molecular weight is 441 g/mol. The van der Waals surface area contributed by atoms with Crippen molar-refractivity contribution in [2.75, 3.05) is 14.1 Å². The summed E-state index contributed by atoms with van der Waals surface area (Å²) >= 11 is 0. The number of aromatic nitrogens is 2. The van der Waals surface area contributed by atoms with Crippen molar-refractivity contribution in [3.8, 4) is 0 Å². The van der Waals surface area contributed by atoms with Crippen molar-refractivity contribution in [2.45, 2.75) is 33.5 Å².